The zero-order valence-corrected chi connectivity index (χ0v) is 21.6. The van der Waals surface area contributed by atoms with Crippen molar-refractivity contribution in [1.82, 2.24) is 9.88 Å². The fraction of sp³-hybridized carbons (Fsp3) is 0.281. The summed E-state index contributed by atoms with van der Waals surface area (Å²) in [5, 5.41) is 0.765. The fourth-order valence-corrected chi connectivity index (χ4v) is 5.71. The monoisotopic (exact) mass is 505 g/mol. The molecule has 0 bridgehead atoms. The first-order valence-corrected chi connectivity index (χ1v) is 13.4. The molecule has 1 atom stereocenters. The highest BCUT2D eigenvalue weighted by Gasteiger charge is 2.31. The average molecular weight is 506 g/mol. The summed E-state index contributed by atoms with van der Waals surface area (Å²) in [7, 11) is 0. The highest BCUT2D eigenvalue weighted by atomic mass is 16.5. The first kappa shape index (κ1) is 24.3. The van der Waals surface area contributed by atoms with E-state index in [0.29, 0.717) is 18.7 Å². The van der Waals surface area contributed by atoms with Crippen molar-refractivity contribution in [1.29, 1.82) is 0 Å². The zero-order valence-electron chi connectivity index (χ0n) is 21.6. The van der Waals surface area contributed by atoms with Crippen LogP contribution < -0.4 is 4.90 Å². The Hall–Kier alpha value is -4.03. The summed E-state index contributed by atoms with van der Waals surface area (Å²) in [5.74, 6) is -0.656. The number of fused-ring (bicyclic) bond motifs is 3. The van der Waals surface area contributed by atoms with E-state index in [1.165, 1.54) is 5.56 Å². The van der Waals surface area contributed by atoms with Crippen LogP contribution in [0, 0.1) is 0 Å². The number of hydrogen-bond acceptors (Lipinski definition) is 5. The van der Waals surface area contributed by atoms with Gasteiger partial charge in [-0.2, -0.15) is 0 Å². The minimum Gasteiger partial charge on any atom is -0.449 e. The van der Waals surface area contributed by atoms with Crippen molar-refractivity contribution in [3.05, 3.63) is 107 Å². The third kappa shape index (κ3) is 4.68. The molecule has 6 rings (SSSR count). The van der Waals surface area contributed by atoms with Gasteiger partial charge in [-0.3, -0.25) is 14.7 Å². The number of nitrogens with zero attached hydrogens (tertiary/aromatic N) is 3. The van der Waals surface area contributed by atoms with Crippen LogP contribution in [0.15, 0.2) is 78.9 Å². The van der Waals surface area contributed by atoms with Crippen molar-refractivity contribution in [3.63, 3.8) is 0 Å². The van der Waals surface area contributed by atoms with Crippen LogP contribution in [0.3, 0.4) is 0 Å². The van der Waals surface area contributed by atoms with Crippen molar-refractivity contribution >= 4 is 28.5 Å². The molecule has 0 aliphatic carbocycles. The molecule has 0 spiro atoms. The number of esters is 1. The lowest BCUT2D eigenvalue weighted by Gasteiger charge is -2.32. The minimum absolute atomic E-state index is 0.191. The van der Waals surface area contributed by atoms with Gasteiger partial charge in [-0.05, 0) is 43.0 Å². The predicted octanol–water partition coefficient (Wildman–Crippen LogP) is 5.32. The number of amides is 1. The van der Waals surface area contributed by atoms with Crippen molar-refractivity contribution < 1.29 is 14.3 Å². The lowest BCUT2D eigenvalue weighted by atomic mass is 9.95. The first-order chi connectivity index (χ1) is 18.6. The van der Waals surface area contributed by atoms with Gasteiger partial charge in [0.1, 0.15) is 0 Å². The number of pyridine rings is 1. The SMILES string of the molecule is CC(OC(=O)c1c2c(nc3ccccc13)CCN(Cc1ccccc1)C2)C(=O)N1CCCc2ccccc21. The van der Waals surface area contributed by atoms with Gasteiger partial charge in [0.15, 0.2) is 6.10 Å². The van der Waals surface area contributed by atoms with Crippen LogP contribution in [-0.2, 0) is 35.5 Å². The molecule has 3 aromatic carbocycles. The number of carbonyl (C=O) groups is 2. The molecule has 4 aromatic rings. The second-order valence-electron chi connectivity index (χ2n) is 10.1. The van der Waals surface area contributed by atoms with Crippen LogP contribution in [0.25, 0.3) is 10.9 Å². The van der Waals surface area contributed by atoms with E-state index in [0.717, 1.165) is 65.8 Å². The maximum absolute atomic E-state index is 13.8. The summed E-state index contributed by atoms with van der Waals surface area (Å²) < 4.78 is 5.92. The number of ether oxygens (including phenoxy) is 1. The molecule has 192 valence electrons. The van der Waals surface area contributed by atoms with Gasteiger partial charge in [0.25, 0.3) is 5.91 Å². The highest BCUT2D eigenvalue weighted by Crippen LogP contribution is 2.31. The Morgan fingerprint density at radius 1 is 0.921 bits per heavy atom. The van der Waals surface area contributed by atoms with Crippen molar-refractivity contribution in [2.45, 2.75) is 45.4 Å². The molecule has 2 aliphatic heterocycles. The number of anilines is 1. The minimum atomic E-state index is -0.903. The summed E-state index contributed by atoms with van der Waals surface area (Å²) in [4.78, 5) is 36.3. The Balaban J connectivity index is 1.29. The van der Waals surface area contributed by atoms with Gasteiger partial charge in [0, 0.05) is 54.9 Å². The molecule has 1 unspecified atom stereocenters. The molecule has 0 radical (unpaired) electrons. The molecule has 0 saturated carbocycles. The van der Waals surface area contributed by atoms with Gasteiger partial charge in [0.05, 0.1) is 11.1 Å². The third-order valence-corrected chi connectivity index (χ3v) is 7.59. The van der Waals surface area contributed by atoms with E-state index >= 15 is 0 Å². The average Bonchev–Trinajstić information content (AvgIpc) is 2.95. The summed E-state index contributed by atoms with van der Waals surface area (Å²) >= 11 is 0. The second-order valence-corrected chi connectivity index (χ2v) is 10.1. The Kier molecular flexibility index (Phi) is 6.64. The van der Waals surface area contributed by atoms with Gasteiger partial charge in [0.2, 0.25) is 0 Å². The molecule has 0 N–H and O–H groups in total. The van der Waals surface area contributed by atoms with Crippen molar-refractivity contribution in [2.75, 3.05) is 18.0 Å². The molecule has 38 heavy (non-hydrogen) atoms. The molecule has 0 fully saturated rings. The van der Waals surface area contributed by atoms with E-state index in [1.54, 1.807) is 11.8 Å². The van der Waals surface area contributed by atoms with Crippen LogP contribution in [0.2, 0.25) is 0 Å². The van der Waals surface area contributed by atoms with Crippen molar-refractivity contribution in [3.8, 4) is 0 Å². The van der Waals surface area contributed by atoms with Crippen LogP contribution >= 0.6 is 0 Å². The first-order valence-electron chi connectivity index (χ1n) is 13.4. The van der Waals surface area contributed by atoms with E-state index in [4.69, 9.17) is 9.72 Å². The fourth-order valence-electron chi connectivity index (χ4n) is 5.71. The Morgan fingerprint density at radius 3 is 2.55 bits per heavy atom. The van der Waals surface area contributed by atoms with Gasteiger partial charge >= 0.3 is 5.97 Å². The maximum Gasteiger partial charge on any atom is 0.339 e. The summed E-state index contributed by atoms with van der Waals surface area (Å²) in [5.41, 5.74) is 6.44. The Bertz CT molecular complexity index is 1500. The molecule has 1 aromatic heterocycles. The third-order valence-electron chi connectivity index (χ3n) is 7.59. The lowest BCUT2D eigenvalue weighted by Crippen LogP contribution is -2.43. The topological polar surface area (TPSA) is 62.7 Å². The summed E-state index contributed by atoms with van der Waals surface area (Å²) in [6, 6.07) is 26.0. The van der Waals surface area contributed by atoms with E-state index in [2.05, 4.69) is 23.1 Å². The summed E-state index contributed by atoms with van der Waals surface area (Å²) in [6.07, 6.45) is 1.69. The standard InChI is InChI=1S/C32H31N3O3/c1-22(31(36)35-18-9-13-24-12-5-8-16-29(24)35)38-32(37)30-25-14-6-7-15-27(25)33-28-17-19-34(21-26(28)30)20-23-10-3-2-4-11-23/h2-8,10-12,14-16,22H,9,13,17-21H2,1H3. The van der Waals surface area contributed by atoms with E-state index < -0.39 is 12.1 Å². The van der Waals surface area contributed by atoms with Crippen LogP contribution in [0.1, 0.15) is 46.1 Å². The Morgan fingerprint density at radius 2 is 1.68 bits per heavy atom. The van der Waals surface area contributed by atoms with Gasteiger partial charge in [-0.15, -0.1) is 0 Å². The number of aromatic nitrogens is 1. The van der Waals surface area contributed by atoms with Crippen molar-refractivity contribution in [2.24, 2.45) is 0 Å². The number of hydrogen-bond donors (Lipinski definition) is 0. The molecular weight excluding hydrogens is 474 g/mol. The number of carbonyl (C=O) groups excluding carboxylic acids is 2. The van der Waals surface area contributed by atoms with Crippen LogP contribution in [0.4, 0.5) is 5.69 Å². The van der Waals surface area contributed by atoms with Crippen LogP contribution in [-0.4, -0.2) is 41.0 Å². The molecule has 6 nitrogen and oxygen atoms in total. The Labute approximate surface area is 222 Å². The summed E-state index contributed by atoms with van der Waals surface area (Å²) in [6.45, 7) is 4.57. The largest absolute Gasteiger partial charge is 0.449 e. The molecule has 2 aliphatic rings. The number of rotatable bonds is 5. The van der Waals surface area contributed by atoms with E-state index in [-0.39, 0.29) is 5.91 Å². The van der Waals surface area contributed by atoms with Crippen LogP contribution in [0.5, 0.6) is 0 Å². The zero-order chi connectivity index (χ0) is 26.1. The lowest BCUT2D eigenvalue weighted by molar-refractivity contribution is -0.126. The van der Waals surface area contributed by atoms with Gasteiger partial charge < -0.3 is 9.64 Å². The van der Waals surface area contributed by atoms with E-state index in [1.807, 2.05) is 60.7 Å². The van der Waals surface area contributed by atoms with Gasteiger partial charge in [-0.25, -0.2) is 4.79 Å². The molecule has 0 saturated heterocycles. The smallest absolute Gasteiger partial charge is 0.339 e. The number of para-hydroxylation sites is 2. The molecular formula is C32H31N3O3. The van der Waals surface area contributed by atoms with E-state index in [9.17, 15) is 9.59 Å². The highest BCUT2D eigenvalue weighted by molar-refractivity contribution is 6.06. The van der Waals surface area contributed by atoms with Gasteiger partial charge in [-0.1, -0.05) is 66.7 Å². The quantitative estimate of drug-likeness (QED) is 0.344. The normalized spacial score (nSPS) is 16.0. The number of aryl methyl sites for hydroxylation is 1. The number of benzene rings is 3. The second kappa shape index (κ2) is 10.4. The predicted molar refractivity (Wildman–Crippen MR) is 148 cm³/mol. The molecule has 3 heterocycles. The molecule has 6 heteroatoms. The maximum atomic E-state index is 13.8. The molecule has 1 amide bonds.